The third kappa shape index (κ3) is 2.38. The van der Waals surface area contributed by atoms with Crippen molar-refractivity contribution in [1.29, 1.82) is 0 Å². The molecule has 4 nitrogen and oxygen atoms in total. The van der Waals surface area contributed by atoms with E-state index in [2.05, 4.69) is 21.4 Å². The highest BCUT2D eigenvalue weighted by Crippen LogP contribution is 2.21. The molecule has 1 aliphatic heterocycles. The van der Waals surface area contributed by atoms with Crippen molar-refractivity contribution in [1.82, 2.24) is 14.5 Å². The van der Waals surface area contributed by atoms with E-state index in [4.69, 9.17) is 0 Å². The monoisotopic (exact) mass is 209 g/mol. The minimum atomic E-state index is -0.510. The van der Waals surface area contributed by atoms with Crippen LogP contribution < -0.4 is 0 Å². The largest absolute Gasteiger partial charge is 0.389 e. The SMILES string of the molecule is CCn1ccnc1CN1CCC(C)(O)C1. The molecule has 1 aromatic rings. The molecule has 15 heavy (non-hydrogen) atoms. The third-order valence-electron chi connectivity index (χ3n) is 3.04. The number of β-amino-alcohol motifs (C(OH)–C–C–N with tert-alkyl or cyclic N) is 1. The molecule has 0 amide bonds. The Balaban J connectivity index is 1.98. The summed E-state index contributed by atoms with van der Waals surface area (Å²) in [6.45, 7) is 7.54. The molecule has 0 aliphatic carbocycles. The summed E-state index contributed by atoms with van der Waals surface area (Å²) in [5.74, 6) is 1.09. The van der Waals surface area contributed by atoms with Gasteiger partial charge in [-0.3, -0.25) is 4.90 Å². The van der Waals surface area contributed by atoms with Gasteiger partial charge >= 0.3 is 0 Å². The molecule has 0 radical (unpaired) electrons. The molecule has 1 atom stereocenters. The van der Waals surface area contributed by atoms with Crippen molar-refractivity contribution < 1.29 is 5.11 Å². The molecule has 84 valence electrons. The van der Waals surface area contributed by atoms with Gasteiger partial charge < -0.3 is 9.67 Å². The van der Waals surface area contributed by atoms with Gasteiger partial charge in [-0.25, -0.2) is 4.98 Å². The average Bonchev–Trinajstić information content (AvgIpc) is 2.73. The van der Waals surface area contributed by atoms with Crippen LogP contribution in [0.5, 0.6) is 0 Å². The van der Waals surface area contributed by atoms with Crippen LogP contribution in [0.4, 0.5) is 0 Å². The van der Waals surface area contributed by atoms with Gasteiger partial charge in [0.2, 0.25) is 0 Å². The molecule has 1 fully saturated rings. The second-order valence-corrected chi connectivity index (χ2v) is 4.59. The summed E-state index contributed by atoms with van der Waals surface area (Å²) in [5, 5.41) is 9.85. The minimum absolute atomic E-state index is 0.510. The van der Waals surface area contributed by atoms with E-state index < -0.39 is 5.60 Å². The van der Waals surface area contributed by atoms with Crippen molar-refractivity contribution in [3.63, 3.8) is 0 Å². The van der Waals surface area contributed by atoms with E-state index >= 15 is 0 Å². The first-order valence-corrected chi connectivity index (χ1v) is 5.55. The summed E-state index contributed by atoms with van der Waals surface area (Å²) < 4.78 is 2.15. The first-order chi connectivity index (χ1) is 7.11. The van der Waals surface area contributed by atoms with Gasteiger partial charge in [0.1, 0.15) is 5.82 Å². The first-order valence-electron chi connectivity index (χ1n) is 5.55. The summed E-state index contributed by atoms with van der Waals surface area (Å²) >= 11 is 0. The molecule has 1 unspecified atom stereocenters. The van der Waals surface area contributed by atoms with Crippen LogP contribution in [0.25, 0.3) is 0 Å². The molecule has 1 aromatic heterocycles. The maximum atomic E-state index is 9.85. The molecular formula is C11H19N3O. The fourth-order valence-corrected chi connectivity index (χ4v) is 2.15. The van der Waals surface area contributed by atoms with Crippen LogP contribution in [0.15, 0.2) is 12.4 Å². The second kappa shape index (κ2) is 3.94. The molecule has 0 bridgehead atoms. The van der Waals surface area contributed by atoms with Crippen LogP contribution in [-0.2, 0) is 13.1 Å². The van der Waals surface area contributed by atoms with Crippen molar-refractivity contribution >= 4 is 0 Å². The van der Waals surface area contributed by atoms with E-state index in [9.17, 15) is 5.11 Å². The smallest absolute Gasteiger partial charge is 0.122 e. The number of nitrogens with zero attached hydrogens (tertiary/aromatic N) is 3. The zero-order chi connectivity index (χ0) is 10.9. The number of rotatable bonds is 3. The van der Waals surface area contributed by atoms with Crippen molar-refractivity contribution in [2.24, 2.45) is 0 Å². The van der Waals surface area contributed by atoms with Gasteiger partial charge in [-0.2, -0.15) is 0 Å². The summed E-state index contributed by atoms with van der Waals surface area (Å²) in [5.41, 5.74) is -0.510. The lowest BCUT2D eigenvalue weighted by Crippen LogP contribution is -2.30. The Labute approximate surface area is 90.5 Å². The molecule has 1 N–H and O–H groups in total. The summed E-state index contributed by atoms with van der Waals surface area (Å²) in [7, 11) is 0. The van der Waals surface area contributed by atoms with Crippen LogP contribution in [0.3, 0.4) is 0 Å². The zero-order valence-corrected chi connectivity index (χ0v) is 9.48. The topological polar surface area (TPSA) is 41.3 Å². The van der Waals surface area contributed by atoms with Gasteiger partial charge in [0, 0.05) is 32.0 Å². The maximum absolute atomic E-state index is 9.85. The summed E-state index contributed by atoms with van der Waals surface area (Å²) in [4.78, 5) is 6.60. The van der Waals surface area contributed by atoms with E-state index in [1.165, 1.54) is 0 Å². The fraction of sp³-hybridized carbons (Fsp3) is 0.727. The van der Waals surface area contributed by atoms with Crippen molar-refractivity contribution in [2.45, 2.75) is 39.0 Å². The van der Waals surface area contributed by atoms with Gasteiger partial charge in [0.05, 0.1) is 12.1 Å². The lowest BCUT2D eigenvalue weighted by atomic mass is 10.1. The summed E-state index contributed by atoms with van der Waals surface area (Å²) in [6.07, 6.45) is 4.70. The highest BCUT2D eigenvalue weighted by Gasteiger charge is 2.31. The molecule has 2 heterocycles. The Bertz CT molecular complexity index is 332. The second-order valence-electron chi connectivity index (χ2n) is 4.59. The average molecular weight is 209 g/mol. The molecule has 1 saturated heterocycles. The Kier molecular flexibility index (Phi) is 2.80. The van der Waals surface area contributed by atoms with E-state index in [1.54, 1.807) is 0 Å². The van der Waals surface area contributed by atoms with Crippen LogP contribution in [0, 0.1) is 0 Å². The molecule has 1 aliphatic rings. The number of aliphatic hydroxyl groups is 1. The van der Waals surface area contributed by atoms with Crippen molar-refractivity contribution in [3.8, 4) is 0 Å². The standard InChI is InChI=1S/C11H19N3O/c1-3-14-7-5-12-10(14)8-13-6-4-11(2,15)9-13/h5,7,15H,3-4,6,8-9H2,1-2H3. The maximum Gasteiger partial charge on any atom is 0.122 e. The van der Waals surface area contributed by atoms with Crippen molar-refractivity contribution in [2.75, 3.05) is 13.1 Å². The van der Waals surface area contributed by atoms with Gasteiger partial charge in [-0.1, -0.05) is 0 Å². The lowest BCUT2D eigenvalue weighted by Gasteiger charge is -2.18. The number of imidazole rings is 1. The number of hydrogen-bond donors (Lipinski definition) is 1. The highest BCUT2D eigenvalue weighted by atomic mass is 16.3. The first kappa shape index (κ1) is 10.6. The Morgan fingerprint density at radius 2 is 2.40 bits per heavy atom. The van der Waals surface area contributed by atoms with Gasteiger partial charge in [-0.05, 0) is 20.3 Å². The molecule has 2 rings (SSSR count). The van der Waals surface area contributed by atoms with E-state index in [-0.39, 0.29) is 0 Å². The fourth-order valence-electron chi connectivity index (χ4n) is 2.15. The minimum Gasteiger partial charge on any atom is -0.389 e. The van der Waals surface area contributed by atoms with Crippen LogP contribution in [0.2, 0.25) is 0 Å². The van der Waals surface area contributed by atoms with E-state index in [0.717, 1.165) is 38.4 Å². The summed E-state index contributed by atoms with van der Waals surface area (Å²) in [6, 6.07) is 0. The van der Waals surface area contributed by atoms with Crippen LogP contribution in [-0.4, -0.2) is 38.2 Å². The predicted octanol–water partition coefficient (Wildman–Crippen LogP) is 0.860. The van der Waals surface area contributed by atoms with E-state index in [1.807, 2.05) is 19.3 Å². The zero-order valence-electron chi connectivity index (χ0n) is 9.48. The van der Waals surface area contributed by atoms with Gasteiger partial charge in [0.15, 0.2) is 0 Å². The van der Waals surface area contributed by atoms with Gasteiger partial charge in [0.25, 0.3) is 0 Å². The highest BCUT2D eigenvalue weighted by molar-refractivity contribution is 4.95. The molecule has 0 spiro atoms. The van der Waals surface area contributed by atoms with Crippen molar-refractivity contribution in [3.05, 3.63) is 18.2 Å². The number of likely N-dealkylation sites (tertiary alicyclic amines) is 1. The van der Waals surface area contributed by atoms with Crippen LogP contribution in [0.1, 0.15) is 26.1 Å². The normalized spacial score (nSPS) is 27.4. The third-order valence-corrected chi connectivity index (χ3v) is 3.04. The van der Waals surface area contributed by atoms with Crippen LogP contribution >= 0.6 is 0 Å². The Morgan fingerprint density at radius 1 is 1.60 bits per heavy atom. The lowest BCUT2D eigenvalue weighted by molar-refractivity contribution is 0.0674. The molecule has 4 heteroatoms. The van der Waals surface area contributed by atoms with Gasteiger partial charge in [-0.15, -0.1) is 0 Å². The number of hydrogen-bond acceptors (Lipinski definition) is 3. The number of aromatic nitrogens is 2. The van der Waals surface area contributed by atoms with E-state index in [0.29, 0.717) is 0 Å². The molecule has 0 saturated carbocycles. The molecular weight excluding hydrogens is 190 g/mol. The quantitative estimate of drug-likeness (QED) is 0.802. The molecule has 0 aromatic carbocycles. The Hall–Kier alpha value is -0.870. The number of aryl methyl sites for hydroxylation is 1. The predicted molar refractivity (Wildman–Crippen MR) is 58.4 cm³/mol. The Morgan fingerprint density at radius 3 is 3.00 bits per heavy atom.